The van der Waals surface area contributed by atoms with Crippen LogP contribution in [0.5, 0.6) is 0 Å². The lowest BCUT2D eigenvalue weighted by molar-refractivity contribution is -0.354. The molecule has 2 saturated heterocycles. The average Bonchev–Trinajstić information content (AvgIpc) is 2.73. The number of ether oxygens (including phenoxy) is 4. The highest BCUT2D eigenvalue weighted by atomic mass is 16.7. The Morgan fingerprint density at radius 1 is 0.500 bits per heavy atom. The van der Waals surface area contributed by atoms with Crippen molar-refractivity contribution >= 4 is 0 Å². The van der Waals surface area contributed by atoms with E-state index in [0.29, 0.717) is 11.8 Å². The van der Waals surface area contributed by atoms with Crippen LogP contribution in [-0.4, -0.2) is 38.0 Å². The molecule has 0 aromatic heterocycles. The molecule has 4 heteroatoms. The molecule has 0 aromatic carbocycles. The maximum atomic E-state index is 6.51. The first kappa shape index (κ1) is 19.8. The van der Waals surface area contributed by atoms with Crippen molar-refractivity contribution in [2.45, 2.75) is 102 Å². The molecule has 4 spiro atoms. The Morgan fingerprint density at radius 2 is 0.857 bits per heavy atom. The van der Waals surface area contributed by atoms with Gasteiger partial charge in [-0.25, -0.2) is 0 Å². The van der Waals surface area contributed by atoms with Gasteiger partial charge in [0.1, 0.15) is 0 Å². The van der Waals surface area contributed by atoms with Gasteiger partial charge in [-0.1, -0.05) is 26.7 Å². The molecule has 5 rings (SSSR count). The lowest BCUT2D eigenvalue weighted by atomic mass is 9.63. The van der Waals surface area contributed by atoms with Crippen LogP contribution in [0.1, 0.15) is 90.9 Å². The fourth-order valence-electron chi connectivity index (χ4n) is 6.59. The van der Waals surface area contributed by atoms with Crippen molar-refractivity contribution in [2.75, 3.05) is 26.4 Å². The van der Waals surface area contributed by atoms with Crippen LogP contribution >= 0.6 is 0 Å². The van der Waals surface area contributed by atoms with E-state index in [1.807, 2.05) is 0 Å². The van der Waals surface area contributed by atoms with Crippen LogP contribution in [0.15, 0.2) is 0 Å². The molecule has 3 aliphatic carbocycles. The van der Waals surface area contributed by atoms with Crippen LogP contribution in [-0.2, 0) is 18.9 Å². The first-order valence-electron chi connectivity index (χ1n) is 12.1. The molecule has 3 saturated carbocycles. The Balaban J connectivity index is 1.17. The normalized spacial score (nSPS) is 52.5. The molecular weight excluding hydrogens is 352 g/mol. The van der Waals surface area contributed by atoms with Crippen molar-refractivity contribution in [1.82, 2.24) is 0 Å². The Labute approximate surface area is 171 Å². The molecule has 5 fully saturated rings. The second kappa shape index (κ2) is 7.21. The molecule has 2 heterocycles. The second-order valence-electron chi connectivity index (χ2n) is 11.1. The van der Waals surface area contributed by atoms with E-state index in [0.717, 1.165) is 39.3 Å². The zero-order valence-electron chi connectivity index (χ0n) is 18.1. The van der Waals surface area contributed by atoms with Gasteiger partial charge in [-0.3, -0.25) is 0 Å². The van der Waals surface area contributed by atoms with E-state index in [2.05, 4.69) is 13.8 Å². The predicted octanol–water partition coefficient (Wildman–Crippen LogP) is 5.44. The fraction of sp³-hybridized carbons (Fsp3) is 1.00. The summed E-state index contributed by atoms with van der Waals surface area (Å²) in [6.07, 6.45) is 14.5. The van der Waals surface area contributed by atoms with Crippen LogP contribution in [0, 0.1) is 22.7 Å². The maximum Gasteiger partial charge on any atom is 0.170 e. The molecule has 0 amide bonds. The molecule has 2 aliphatic heterocycles. The monoisotopic (exact) mass is 392 g/mol. The third-order valence-corrected chi connectivity index (χ3v) is 9.19. The molecule has 0 aromatic rings. The second-order valence-corrected chi connectivity index (χ2v) is 11.1. The summed E-state index contributed by atoms with van der Waals surface area (Å²) in [5.74, 6) is 0.503. The Kier molecular flexibility index (Phi) is 5.10. The predicted molar refractivity (Wildman–Crippen MR) is 108 cm³/mol. The molecular formula is C24H40O4. The summed E-state index contributed by atoms with van der Waals surface area (Å²) in [6.45, 7) is 8.16. The summed E-state index contributed by atoms with van der Waals surface area (Å²) in [4.78, 5) is 0. The van der Waals surface area contributed by atoms with Gasteiger partial charge in [0.05, 0.1) is 26.4 Å². The summed E-state index contributed by atoms with van der Waals surface area (Å²) in [5, 5.41) is 0. The molecule has 0 radical (unpaired) electrons. The molecule has 0 N–H and O–H groups in total. The smallest absolute Gasteiger partial charge is 0.170 e. The highest BCUT2D eigenvalue weighted by Crippen LogP contribution is 2.54. The Morgan fingerprint density at radius 3 is 1.18 bits per heavy atom. The topological polar surface area (TPSA) is 36.9 Å². The quantitative estimate of drug-likeness (QED) is 0.550. The fourth-order valence-corrected chi connectivity index (χ4v) is 6.59. The number of hydrogen-bond acceptors (Lipinski definition) is 4. The van der Waals surface area contributed by atoms with Crippen LogP contribution in [0.2, 0.25) is 0 Å². The van der Waals surface area contributed by atoms with Gasteiger partial charge >= 0.3 is 0 Å². The maximum absolute atomic E-state index is 6.51. The lowest BCUT2D eigenvalue weighted by Gasteiger charge is -2.56. The van der Waals surface area contributed by atoms with Gasteiger partial charge in [0.2, 0.25) is 0 Å². The molecule has 0 unspecified atom stereocenters. The van der Waals surface area contributed by atoms with Crippen LogP contribution in [0.4, 0.5) is 0 Å². The molecule has 2 atom stereocenters. The first-order chi connectivity index (χ1) is 13.5. The molecule has 0 bridgehead atoms. The molecule has 5 aliphatic rings. The largest absolute Gasteiger partial charge is 0.349 e. The van der Waals surface area contributed by atoms with Crippen molar-refractivity contribution in [3.63, 3.8) is 0 Å². The van der Waals surface area contributed by atoms with Crippen molar-refractivity contribution in [2.24, 2.45) is 22.7 Å². The first-order valence-corrected chi connectivity index (χ1v) is 12.1. The SMILES string of the molecule is C[C@@H]1CCCCC12OCC1(CCC3(CC1)COC1(CCCC[C@@H]1C)OC3)CO2. The molecule has 160 valence electrons. The summed E-state index contributed by atoms with van der Waals surface area (Å²) in [6, 6.07) is 0. The Bertz CT molecular complexity index is 495. The zero-order valence-corrected chi connectivity index (χ0v) is 18.1. The van der Waals surface area contributed by atoms with Gasteiger partial charge in [-0.15, -0.1) is 0 Å². The van der Waals surface area contributed by atoms with Gasteiger partial charge in [0.15, 0.2) is 11.6 Å². The van der Waals surface area contributed by atoms with E-state index in [-0.39, 0.29) is 22.4 Å². The van der Waals surface area contributed by atoms with E-state index in [1.165, 1.54) is 64.2 Å². The van der Waals surface area contributed by atoms with Gasteiger partial charge in [0, 0.05) is 35.5 Å². The van der Waals surface area contributed by atoms with E-state index in [1.54, 1.807) is 0 Å². The minimum Gasteiger partial charge on any atom is -0.349 e. The van der Waals surface area contributed by atoms with E-state index < -0.39 is 0 Å². The lowest BCUT2D eigenvalue weighted by Crippen LogP contribution is -2.58. The standard InChI is InChI=1S/C24H40O4/c1-19-7-3-5-9-23(19)25-15-21(16-26-23)11-13-22(14-12-21)17-27-24(28-18-22)10-6-4-8-20(24)2/h19-20H,3-18H2,1-2H3/t19-,20+,21?,22?,23?,24?. The highest BCUT2D eigenvalue weighted by Gasteiger charge is 2.54. The minimum atomic E-state index is -0.279. The number of hydrogen-bond donors (Lipinski definition) is 0. The zero-order chi connectivity index (χ0) is 19.3. The highest BCUT2D eigenvalue weighted by molar-refractivity contribution is 4.99. The molecule has 4 nitrogen and oxygen atoms in total. The van der Waals surface area contributed by atoms with E-state index >= 15 is 0 Å². The van der Waals surface area contributed by atoms with Crippen LogP contribution in [0.3, 0.4) is 0 Å². The van der Waals surface area contributed by atoms with Crippen molar-refractivity contribution in [1.29, 1.82) is 0 Å². The summed E-state index contributed by atoms with van der Waals surface area (Å²) >= 11 is 0. The molecule has 28 heavy (non-hydrogen) atoms. The number of rotatable bonds is 0. The van der Waals surface area contributed by atoms with Crippen LogP contribution in [0.25, 0.3) is 0 Å². The van der Waals surface area contributed by atoms with Gasteiger partial charge in [-0.2, -0.15) is 0 Å². The minimum absolute atomic E-state index is 0.223. The third-order valence-electron chi connectivity index (χ3n) is 9.19. The third kappa shape index (κ3) is 3.27. The van der Waals surface area contributed by atoms with Gasteiger partial charge < -0.3 is 18.9 Å². The van der Waals surface area contributed by atoms with E-state index in [9.17, 15) is 0 Å². The van der Waals surface area contributed by atoms with Crippen LogP contribution < -0.4 is 0 Å². The van der Waals surface area contributed by atoms with E-state index in [4.69, 9.17) is 18.9 Å². The van der Waals surface area contributed by atoms with Gasteiger partial charge in [0.25, 0.3) is 0 Å². The average molecular weight is 393 g/mol. The summed E-state index contributed by atoms with van der Waals surface area (Å²) in [5.41, 5.74) is 0.446. The Hall–Kier alpha value is -0.160. The summed E-state index contributed by atoms with van der Waals surface area (Å²) < 4.78 is 26.0. The van der Waals surface area contributed by atoms with Crippen molar-refractivity contribution in [3.05, 3.63) is 0 Å². The van der Waals surface area contributed by atoms with Crippen molar-refractivity contribution < 1.29 is 18.9 Å². The van der Waals surface area contributed by atoms with Crippen molar-refractivity contribution in [3.8, 4) is 0 Å². The summed E-state index contributed by atoms with van der Waals surface area (Å²) in [7, 11) is 0. The van der Waals surface area contributed by atoms with Gasteiger partial charge in [-0.05, 0) is 51.4 Å².